The molecule has 2 unspecified atom stereocenters. The van der Waals surface area contributed by atoms with Gasteiger partial charge in [0.25, 0.3) is 5.91 Å². The maximum atomic E-state index is 12.2. The Balaban J connectivity index is 2.14. The maximum absolute atomic E-state index is 12.2. The zero-order valence-corrected chi connectivity index (χ0v) is 12.9. The molecule has 1 amide bonds. The molecule has 1 fully saturated rings. The second-order valence-corrected chi connectivity index (χ2v) is 7.55. The van der Waals surface area contributed by atoms with Gasteiger partial charge in [0.05, 0.1) is 4.90 Å². The Morgan fingerprint density at radius 3 is 2.80 bits per heavy atom. The van der Waals surface area contributed by atoms with Gasteiger partial charge in [-0.25, -0.2) is 8.42 Å². The molecule has 110 valence electrons. The first kappa shape index (κ1) is 15.3. The van der Waals surface area contributed by atoms with Crippen LogP contribution < -0.4 is 5.32 Å². The zero-order chi connectivity index (χ0) is 14.8. The number of amides is 1. The van der Waals surface area contributed by atoms with Crippen molar-refractivity contribution in [2.45, 2.75) is 30.2 Å². The molecule has 0 saturated heterocycles. The fraction of sp³-hybridized carbons (Fsp3) is 0.500. The Kier molecular flexibility index (Phi) is 4.70. The van der Waals surface area contributed by atoms with Gasteiger partial charge in [-0.05, 0) is 37.0 Å². The summed E-state index contributed by atoms with van der Waals surface area (Å²) in [6.45, 7) is 0. The molecular weight excluding hydrogens is 298 g/mol. The average Bonchev–Trinajstić information content (AvgIpc) is 2.85. The predicted molar refractivity (Wildman–Crippen MR) is 78.9 cm³/mol. The van der Waals surface area contributed by atoms with Gasteiger partial charge in [-0.1, -0.05) is 12.5 Å². The van der Waals surface area contributed by atoms with Gasteiger partial charge in [0, 0.05) is 23.7 Å². The van der Waals surface area contributed by atoms with Crippen molar-refractivity contribution >= 4 is 27.3 Å². The quantitative estimate of drug-likeness (QED) is 0.867. The predicted octanol–water partition coefficient (Wildman–Crippen LogP) is 2.23. The average molecular weight is 316 g/mol. The van der Waals surface area contributed by atoms with Crippen LogP contribution in [0.3, 0.4) is 0 Å². The van der Waals surface area contributed by atoms with Gasteiger partial charge in [0.2, 0.25) is 0 Å². The number of halogens is 1. The van der Waals surface area contributed by atoms with Crippen LogP contribution in [0.5, 0.6) is 0 Å². The van der Waals surface area contributed by atoms with Gasteiger partial charge in [0.1, 0.15) is 0 Å². The number of nitrogens with one attached hydrogen (secondary N) is 1. The highest BCUT2D eigenvalue weighted by Crippen LogP contribution is 2.27. The smallest absolute Gasteiger partial charge is 0.251 e. The minimum atomic E-state index is -3.30. The summed E-state index contributed by atoms with van der Waals surface area (Å²) in [5.41, 5.74) is 0.369. The van der Waals surface area contributed by atoms with E-state index in [4.69, 9.17) is 11.6 Å². The normalized spacial score (nSPS) is 22.7. The van der Waals surface area contributed by atoms with Crippen LogP contribution in [0.25, 0.3) is 0 Å². The van der Waals surface area contributed by atoms with E-state index in [-0.39, 0.29) is 16.8 Å². The van der Waals surface area contributed by atoms with Gasteiger partial charge < -0.3 is 5.32 Å². The van der Waals surface area contributed by atoms with Gasteiger partial charge in [-0.3, -0.25) is 4.79 Å². The van der Waals surface area contributed by atoms with Crippen molar-refractivity contribution < 1.29 is 13.2 Å². The lowest BCUT2D eigenvalue weighted by atomic mass is 10.1. The van der Waals surface area contributed by atoms with Crippen molar-refractivity contribution in [2.24, 2.45) is 5.92 Å². The lowest BCUT2D eigenvalue weighted by Gasteiger charge is -2.19. The van der Waals surface area contributed by atoms with Gasteiger partial charge >= 0.3 is 0 Å². The van der Waals surface area contributed by atoms with Gasteiger partial charge in [-0.2, -0.15) is 0 Å². The van der Waals surface area contributed by atoms with Crippen molar-refractivity contribution in [2.75, 3.05) is 12.1 Å². The Morgan fingerprint density at radius 1 is 1.40 bits per heavy atom. The molecule has 2 rings (SSSR count). The summed E-state index contributed by atoms with van der Waals surface area (Å²) in [5.74, 6) is 0.602. The molecule has 1 N–H and O–H groups in total. The molecule has 0 bridgehead atoms. The number of carbonyl (C=O) groups excluding carboxylic acids is 1. The van der Waals surface area contributed by atoms with Crippen molar-refractivity contribution in [3.05, 3.63) is 29.8 Å². The Morgan fingerprint density at radius 2 is 2.15 bits per heavy atom. The Hall–Kier alpha value is -1.07. The third-order valence-electron chi connectivity index (χ3n) is 3.70. The van der Waals surface area contributed by atoms with E-state index >= 15 is 0 Å². The van der Waals surface area contributed by atoms with E-state index < -0.39 is 9.84 Å². The van der Waals surface area contributed by atoms with Crippen molar-refractivity contribution in [1.29, 1.82) is 0 Å². The summed E-state index contributed by atoms with van der Waals surface area (Å²) >= 11 is 5.89. The number of sulfone groups is 1. The molecular formula is C14H18ClNO3S. The third kappa shape index (κ3) is 3.52. The van der Waals surface area contributed by atoms with Crippen molar-refractivity contribution in [3.63, 3.8) is 0 Å². The molecule has 1 aromatic carbocycles. The van der Waals surface area contributed by atoms with Crippen LogP contribution in [0.2, 0.25) is 0 Å². The number of carbonyl (C=O) groups is 1. The van der Waals surface area contributed by atoms with E-state index in [0.29, 0.717) is 17.4 Å². The molecule has 4 nitrogen and oxygen atoms in total. The molecule has 0 radical (unpaired) electrons. The number of benzene rings is 1. The molecule has 1 saturated carbocycles. The Labute approximate surface area is 124 Å². The summed E-state index contributed by atoms with van der Waals surface area (Å²) < 4.78 is 23.0. The highest BCUT2D eigenvalue weighted by Gasteiger charge is 2.28. The summed E-state index contributed by atoms with van der Waals surface area (Å²) in [5, 5.41) is 2.96. The molecule has 0 aliphatic heterocycles. The summed E-state index contributed by atoms with van der Waals surface area (Å²) in [6.07, 6.45) is 4.14. The number of alkyl halides is 1. The fourth-order valence-corrected chi connectivity index (χ4v) is 3.57. The van der Waals surface area contributed by atoms with Crippen LogP contribution in [0.15, 0.2) is 29.2 Å². The highest BCUT2D eigenvalue weighted by molar-refractivity contribution is 7.90. The highest BCUT2D eigenvalue weighted by atomic mass is 35.5. The monoisotopic (exact) mass is 315 g/mol. The number of hydrogen-bond donors (Lipinski definition) is 1. The Bertz CT molecular complexity index is 600. The van der Waals surface area contributed by atoms with Crippen LogP contribution in [0, 0.1) is 5.92 Å². The van der Waals surface area contributed by atoms with Crippen LogP contribution in [-0.4, -0.2) is 32.5 Å². The molecule has 0 aromatic heterocycles. The first-order chi connectivity index (χ1) is 9.41. The second kappa shape index (κ2) is 6.14. The zero-order valence-electron chi connectivity index (χ0n) is 11.3. The molecule has 0 heterocycles. The number of rotatable bonds is 4. The SMILES string of the molecule is CS(=O)(=O)c1cccc(C(=O)NC2CCCC2CCl)c1. The first-order valence-electron chi connectivity index (χ1n) is 6.59. The summed E-state index contributed by atoms with van der Waals surface area (Å²) in [7, 11) is -3.30. The maximum Gasteiger partial charge on any atom is 0.251 e. The van der Waals surface area contributed by atoms with Crippen LogP contribution >= 0.6 is 11.6 Å². The van der Waals surface area contributed by atoms with Crippen molar-refractivity contribution in [3.8, 4) is 0 Å². The van der Waals surface area contributed by atoms with E-state index in [2.05, 4.69) is 5.32 Å². The van der Waals surface area contributed by atoms with E-state index in [1.165, 1.54) is 12.1 Å². The number of hydrogen-bond acceptors (Lipinski definition) is 3. The molecule has 6 heteroatoms. The lowest BCUT2D eigenvalue weighted by Crippen LogP contribution is -2.38. The molecule has 2 atom stereocenters. The van der Waals surface area contributed by atoms with Crippen LogP contribution in [0.4, 0.5) is 0 Å². The van der Waals surface area contributed by atoms with E-state index in [1.807, 2.05) is 0 Å². The largest absolute Gasteiger partial charge is 0.349 e. The van der Waals surface area contributed by atoms with Gasteiger partial charge in [0.15, 0.2) is 9.84 Å². The topological polar surface area (TPSA) is 63.2 Å². The van der Waals surface area contributed by atoms with Crippen LogP contribution in [-0.2, 0) is 9.84 Å². The van der Waals surface area contributed by atoms with E-state index in [9.17, 15) is 13.2 Å². The molecule has 1 aliphatic carbocycles. The van der Waals surface area contributed by atoms with E-state index in [0.717, 1.165) is 25.5 Å². The van der Waals surface area contributed by atoms with Gasteiger partial charge in [-0.15, -0.1) is 11.6 Å². The minimum Gasteiger partial charge on any atom is -0.349 e. The fourth-order valence-electron chi connectivity index (χ4n) is 2.53. The first-order valence-corrected chi connectivity index (χ1v) is 9.01. The molecule has 1 aliphatic rings. The van der Waals surface area contributed by atoms with Crippen molar-refractivity contribution in [1.82, 2.24) is 5.32 Å². The molecule has 20 heavy (non-hydrogen) atoms. The third-order valence-corrected chi connectivity index (χ3v) is 5.20. The summed E-state index contributed by atoms with van der Waals surface area (Å²) in [4.78, 5) is 12.4. The standard InChI is InChI=1S/C14H18ClNO3S/c1-20(18,19)12-6-2-4-10(8-12)14(17)16-13-7-3-5-11(13)9-15/h2,4,6,8,11,13H,3,5,7,9H2,1H3,(H,16,17). The van der Waals surface area contributed by atoms with Crippen LogP contribution in [0.1, 0.15) is 29.6 Å². The van der Waals surface area contributed by atoms with E-state index in [1.54, 1.807) is 12.1 Å². The molecule has 1 aromatic rings. The molecule has 0 spiro atoms. The minimum absolute atomic E-state index is 0.0851. The lowest BCUT2D eigenvalue weighted by molar-refractivity contribution is 0.0930. The second-order valence-electron chi connectivity index (χ2n) is 5.23. The summed E-state index contributed by atoms with van der Waals surface area (Å²) in [6, 6.07) is 6.19.